The molecular formula is C14H10F3NO2. The van der Waals surface area contributed by atoms with Crippen LogP contribution in [0.5, 0.6) is 11.5 Å². The Bertz CT molecular complexity index is 597. The van der Waals surface area contributed by atoms with Crippen LogP contribution in [0, 0.1) is 0 Å². The molecule has 20 heavy (non-hydrogen) atoms. The second-order valence-electron chi connectivity index (χ2n) is 3.88. The molecule has 3 nitrogen and oxygen atoms in total. The largest absolute Gasteiger partial charge is 0.457 e. The Balaban J connectivity index is 2.34. The van der Waals surface area contributed by atoms with Gasteiger partial charge in [-0.2, -0.15) is 13.2 Å². The maximum Gasteiger partial charge on any atom is 0.418 e. The first kappa shape index (κ1) is 13.9. The minimum atomic E-state index is -4.58. The Morgan fingerprint density at radius 1 is 1.00 bits per heavy atom. The summed E-state index contributed by atoms with van der Waals surface area (Å²) >= 11 is 0. The monoisotopic (exact) mass is 281 g/mol. The van der Waals surface area contributed by atoms with Gasteiger partial charge in [-0.3, -0.25) is 4.79 Å². The van der Waals surface area contributed by atoms with Crippen LogP contribution < -0.4 is 10.1 Å². The van der Waals surface area contributed by atoms with Gasteiger partial charge in [-0.25, -0.2) is 0 Å². The van der Waals surface area contributed by atoms with Gasteiger partial charge in [0.1, 0.15) is 11.5 Å². The fourth-order valence-electron chi connectivity index (χ4n) is 1.64. The van der Waals surface area contributed by atoms with E-state index in [-0.39, 0.29) is 17.8 Å². The van der Waals surface area contributed by atoms with Crippen LogP contribution in [0.15, 0.2) is 48.5 Å². The van der Waals surface area contributed by atoms with Gasteiger partial charge in [0.25, 0.3) is 0 Å². The molecule has 0 bridgehead atoms. The number of nitrogens with one attached hydrogen (secondary N) is 1. The van der Waals surface area contributed by atoms with E-state index in [2.05, 4.69) is 0 Å². The highest BCUT2D eigenvalue weighted by Crippen LogP contribution is 2.37. The first-order valence-electron chi connectivity index (χ1n) is 5.65. The van der Waals surface area contributed by atoms with E-state index >= 15 is 0 Å². The Kier molecular flexibility index (Phi) is 3.93. The van der Waals surface area contributed by atoms with E-state index < -0.39 is 11.7 Å². The van der Waals surface area contributed by atoms with Crippen LogP contribution in [0.25, 0.3) is 0 Å². The van der Waals surface area contributed by atoms with Crippen molar-refractivity contribution in [1.82, 2.24) is 0 Å². The molecule has 0 aliphatic rings. The van der Waals surface area contributed by atoms with Crippen molar-refractivity contribution >= 4 is 12.1 Å². The number of ether oxygens (including phenoxy) is 1. The number of hydrogen-bond acceptors (Lipinski definition) is 2. The zero-order valence-electron chi connectivity index (χ0n) is 10.1. The molecule has 2 aromatic carbocycles. The summed E-state index contributed by atoms with van der Waals surface area (Å²) in [6, 6.07) is 11.8. The summed E-state index contributed by atoms with van der Waals surface area (Å²) in [4.78, 5) is 10.3. The molecular weight excluding hydrogens is 271 g/mol. The Labute approximate surface area is 113 Å². The van der Waals surface area contributed by atoms with Crippen molar-refractivity contribution in [3.63, 3.8) is 0 Å². The highest BCUT2D eigenvalue weighted by molar-refractivity contribution is 5.74. The molecule has 0 atom stereocenters. The molecule has 0 saturated carbocycles. The molecule has 0 radical (unpaired) electrons. The summed E-state index contributed by atoms with van der Waals surface area (Å²) in [6.07, 6.45) is -4.39. The highest BCUT2D eigenvalue weighted by atomic mass is 19.4. The third-order valence-corrected chi connectivity index (χ3v) is 2.49. The average molecular weight is 281 g/mol. The minimum Gasteiger partial charge on any atom is -0.457 e. The number of hydrogen-bond donors (Lipinski definition) is 1. The van der Waals surface area contributed by atoms with Gasteiger partial charge in [-0.1, -0.05) is 18.2 Å². The van der Waals surface area contributed by atoms with Crippen LogP contribution >= 0.6 is 0 Å². The Morgan fingerprint density at radius 3 is 2.30 bits per heavy atom. The normalized spacial score (nSPS) is 10.9. The van der Waals surface area contributed by atoms with Crippen LogP contribution in [-0.2, 0) is 11.0 Å². The molecule has 0 spiro atoms. The van der Waals surface area contributed by atoms with Crippen molar-refractivity contribution in [2.24, 2.45) is 0 Å². The number of alkyl halides is 3. The average Bonchev–Trinajstić information content (AvgIpc) is 2.41. The van der Waals surface area contributed by atoms with Gasteiger partial charge in [-0.05, 0) is 30.3 Å². The number of para-hydroxylation sites is 1. The topological polar surface area (TPSA) is 38.3 Å². The highest BCUT2D eigenvalue weighted by Gasteiger charge is 2.34. The lowest BCUT2D eigenvalue weighted by Crippen LogP contribution is -2.10. The van der Waals surface area contributed by atoms with Gasteiger partial charge in [0.05, 0.1) is 11.3 Å². The maximum atomic E-state index is 12.9. The number of amides is 1. The van der Waals surface area contributed by atoms with Crippen molar-refractivity contribution < 1.29 is 22.7 Å². The molecule has 0 fully saturated rings. The first-order chi connectivity index (χ1) is 9.50. The zero-order valence-corrected chi connectivity index (χ0v) is 10.1. The number of benzene rings is 2. The third kappa shape index (κ3) is 3.28. The lowest BCUT2D eigenvalue weighted by molar-refractivity contribution is -0.137. The van der Waals surface area contributed by atoms with E-state index in [0.29, 0.717) is 5.75 Å². The van der Waals surface area contributed by atoms with Gasteiger partial charge >= 0.3 is 6.18 Å². The lowest BCUT2D eigenvalue weighted by Gasteiger charge is -2.14. The van der Waals surface area contributed by atoms with Gasteiger partial charge < -0.3 is 10.1 Å². The van der Waals surface area contributed by atoms with Crippen molar-refractivity contribution in [3.05, 3.63) is 54.1 Å². The van der Waals surface area contributed by atoms with E-state index in [1.54, 1.807) is 30.3 Å². The molecule has 0 aliphatic heterocycles. The van der Waals surface area contributed by atoms with E-state index in [1.165, 1.54) is 6.07 Å². The van der Waals surface area contributed by atoms with E-state index in [4.69, 9.17) is 4.74 Å². The van der Waals surface area contributed by atoms with Gasteiger partial charge in [0, 0.05) is 0 Å². The summed E-state index contributed by atoms with van der Waals surface area (Å²) < 4.78 is 44.0. The third-order valence-electron chi connectivity index (χ3n) is 2.49. The molecule has 2 rings (SSSR count). The lowest BCUT2D eigenvalue weighted by atomic mass is 10.1. The van der Waals surface area contributed by atoms with Gasteiger partial charge in [-0.15, -0.1) is 0 Å². The minimum absolute atomic E-state index is 0.0416. The van der Waals surface area contributed by atoms with Crippen molar-refractivity contribution in [2.45, 2.75) is 6.18 Å². The first-order valence-corrected chi connectivity index (χ1v) is 5.65. The number of anilines is 1. The summed E-state index contributed by atoms with van der Waals surface area (Å²) in [5.41, 5.74) is -1.27. The Morgan fingerprint density at radius 2 is 1.70 bits per heavy atom. The zero-order chi connectivity index (χ0) is 14.6. The quantitative estimate of drug-likeness (QED) is 0.858. The molecule has 104 valence electrons. The Hall–Kier alpha value is -2.50. The van der Waals surface area contributed by atoms with Crippen molar-refractivity contribution in [2.75, 3.05) is 5.32 Å². The van der Waals surface area contributed by atoms with Crippen LogP contribution in [0.2, 0.25) is 0 Å². The number of halogens is 3. The molecule has 0 aromatic heterocycles. The number of carbonyl (C=O) groups excluding carboxylic acids is 1. The van der Waals surface area contributed by atoms with Crippen LogP contribution in [0.4, 0.5) is 18.9 Å². The second kappa shape index (κ2) is 5.64. The van der Waals surface area contributed by atoms with E-state index in [1.807, 2.05) is 5.32 Å². The summed E-state index contributed by atoms with van der Waals surface area (Å²) in [6.45, 7) is 0. The number of carbonyl (C=O) groups is 1. The summed E-state index contributed by atoms with van der Waals surface area (Å²) in [7, 11) is 0. The molecule has 0 heterocycles. The second-order valence-corrected chi connectivity index (χ2v) is 3.88. The summed E-state index contributed by atoms with van der Waals surface area (Å²) in [5, 5.41) is 2.02. The molecule has 1 amide bonds. The van der Waals surface area contributed by atoms with E-state index in [0.717, 1.165) is 12.1 Å². The molecule has 2 aromatic rings. The van der Waals surface area contributed by atoms with E-state index in [9.17, 15) is 18.0 Å². The van der Waals surface area contributed by atoms with Crippen LogP contribution in [-0.4, -0.2) is 6.41 Å². The fourth-order valence-corrected chi connectivity index (χ4v) is 1.64. The maximum absolute atomic E-state index is 12.9. The molecule has 0 saturated heterocycles. The molecule has 0 aliphatic carbocycles. The van der Waals surface area contributed by atoms with Crippen LogP contribution in [0.1, 0.15) is 5.56 Å². The van der Waals surface area contributed by atoms with Crippen molar-refractivity contribution in [3.8, 4) is 11.5 Å². The smallest absolute Gasteiger partial charge is 0.418 e. The predicted molar refractivity (Wildman–Crippen MR) is 67.6 cm³/mol. The molecule has 0 unspecified atom stereocenters. The standard InChI is InChI=1S/C14H10F3NO2/c15-14(16,17)12-8-11(6-7-13(12)18-9-19)20-10-4-2-1-3-5-10/h1-9H,(H,18,19). The number of rotatable bonds is 4. The van der Waals surface area contributed by atoms with Crippen molar-refractivity contribution in [1.29, 1.82) is 0 Å². The molecule has 1 N–H and O–H groups in total. The fraction of sp³-hybridized carbons (Fsp3) is 0.0714. The molecule has 6 heteroatoms. The SMILES string of the molecule is O=CNc1ccc(Oc2ccccc2)cc1C(F)(F)F. The van der Waals surface area contributed by atoms with Gasteiger partial charge in [0.2, 0.25) is 6.41 Å². The predicted octanol–water partition coefficient (Wildman–Crippen LogP) is 4.07. The van der Waals surface area contributed by atoms with Gasteiger partial charge in [0.15, 0.2) is 0 Å². The van der Waals surface area contributed by atoms with Crippen LogP contribution in [0.3, 0.4) is 0 Å². The summed E-state index contributed by atoms with van der Waals surface area (Å²) in [5.74, 6) is 0.469.